The highest BCUT2D eigenvalue weighted by Gasteiger charge is 2.43. The zero-order valence-corrected chi connectivity index (χ0v) is 29.5. The molecule has 0 saturated carbocycles. The number of aromatic amines is 2. The van der Waals surface area contributed by atoms with Gasteiger partial charge in [-0.1, -0.05) is 35.4 Å². The number of aromatic nitrogens is 4. The summed E-state index contributed by atoms with van der Waals surface area (Å²) in [7, 11) is 1.21. The highest BCUT2D eigenvalue weighted by molar-refractivity contribution is 8.09. The highest BCUT2D eigenvalue weighted by Crippen LogP contribution is 2.50. The number of ether oxygens (including phenoxy) is 3. The van der Waals surface area contributed by atoms with E-state index < -0.39 is 84.6 Å². The van der Waals surface area contributed by atoms with Crippen molar-refractivity contribution in [2.24, 2.45) is 5.11 Å². The second-order valence-corrected chi connectivity index (χ2v) is 15.1. The quantitative estimate of drug-likeness (QED) is 0.0590. The Morgan fingerprint density at radius 2 is 1.65 bits per heavy atom. The Bertz CT molecular complexity index is 2060. The number of rotatable bonds is 14. The van der Waals surface area contributed by atoms with Crippen LogP contribution in [0.25, 0.3) is 10.4 Å². The van der Waals surface area contributed by atoms with Crippen molar-refractivity contribution in [3.05, 3.63) is 112 Å². The van der Waals surface area contributed by atoms with Gasteiger partial charge in [-0.15, -0.1) is 0 Å². The molecule has 0 bridgehead atoms. The van der Waals surface area contributed by atoms with Crippen LogP contribution in [0.3, 0.4) is 0 Å². The smallest absolute Gasteiger partial charge is 0.330 e. The lowest BCUT2D eigenvalue weighted by Gasteiger charge is -2.31. The standard InChI is InChI=1S/C30H37N8O11PS/c1-16-12-37(29(43)32-26(16)40)24-10-19(34-36-31)23(48-24)15-46-50(51,35-20(28(42)45-3)9-18-7-5-4-6-8-18)49-21-11-25(47-22(21)14-39)38-13-17(2)27(41)33-30(38)44/h4-8,12-13,19-25,39H,9-11,14-15H2,1-3H3,(H,35,51)(H,32,40,43)(H,33,41,44)/t19-,20-,21-,22+,23+,24+,25+,50?/m0/s1. The molecule has 51 heavy (non-hydrogen) atoms. The predicted molar refractivity (Wildman–Crippen MR) is 183 cm³/mol. The van der Waals surface area contributed by atoms with Crippen LogP contribution in [0, 0.1) is 13.8 Å². The number of carbonyl (C=O) groups is 1. The minimum atomic E-state index is -3.82. The fraction of sp³-hybridized carbons (Fsp3) is 0.500. The van der Waals surface area contributed by atoms with Crippen LogP contribution in [0.1, 0.15) is 42.0 Å². The van der Waals surface area contributed by atoms with Gasteiger partial charge in [0.15, 0.2) is 0 Å². The molecular weight excluding hydrogens is 711 g/mol. The van der Waals surface area contributed by atoms with E-state index in [1.807, 2.05) is 6.07 Å². The maximum absolute atomic E-state index is 13.1. The number of aliphatic hydroxyl groups is 1. The number of nitrogens with one attached hydrogen (secondary N) is 3. The average Bonchev–Trinajstić information content (AvgIpc) is 3.70. The molecule has 2 aliphatic heterocycles. The van der Waals surface area contributed by atoms with Crippen LogP contribution in [-0.4, -0.2) is 80.9 Å². The van der Waals surface area contributed by atoms with Crippen molar-refractivity contribution < 1.29 is 33.2 Å². The molecule has 1 aromatic carbocycles. The van der Waals surface area contributed by atoms with Crippen LogP contribution in [0.4, 0.5) is 0 Å². The van der Waals surface area contributed by atoms with Gasteiger partial charge in [0.25, 0.3) is 17.8 Å². The molecule has 0 spiro atoms. The van der Waals surface area contributed by atoms with Gasteiger partial charge in [-0.05, 0) is 43.2 Å². The lowest BCUT2D eigenvalue weighted by molar-refractivity contribution is -0.142. The molecule has 2 fully saturated rings. The van der Waals surface area contributed by atoms with Crippen LogP contribution in [0.5, 0.6) is 0 Å². The Labute approximate surface area is 294 Å². The van der Waals surface area contributed by atoms with Gasteiger partial charge in [0.2, 0.25) is 0 Å². The number of aryl methyl sites for hydroxylation is 2. The molecule has 0 radical (unpaired) electrons. The van der Waals surface area contributed by atoms with Crippen molar-refractivity contribution in [3.8, 4) is 0 Å². The van der Waals surface area contributed by atoms with E-state index in [-0.39, 0.29) is 37.0 Å². The molecule has 5 rings (SSSR count). The highest BCUT2D eigenvalue weighted by atomic mass is 32.5. The third-order valence-electron chi connectivity index (χ3n) is 8.44. The summed E-state index contributed by atoms with van der Waals surface area (Å²) in [4.78, 5) is 69.6. The Balaban J connectivity index is 1.44. The van der Waals surface area contributed by atoms with E-state index in [0.29, 0.717) is 0 Å². The third-order valence-corrected chi connectivity index (χ3v) is 11.0. The van der Waals surface area contributed by atoms with Gasteiger partial charge in [-0.25, -0.2) is 14.7 Å². The van der Waals surface area contributed by atoms with Crippen molar-refractivity contribution in [1.82, 2.24) is 24.2 Å². The SMILES string of the molecule is COC(=O)[C@H](Cc1ccccc1)NP(=S)(OC[C@H]1O[C@@H](n2cc(C)c(=O)[nH]c2=O)C[C@@H]1N=[N+]=[N-])O[C@H]1C[C@H](n2cc(C)c(=O)[nH]c2=O)O[C@@H]1CO. The summed E-state index contributed by atoms with van der Waals surface area (Å²) in [5, 5.41) is 17.1. The summed E-state index contributed by atoms with van der Waals surface area (Å²) in [5.41, 5.74) is 7.99. The summed E-state index contributed by atoms with van der Waals surface area (Å²) in [6.45, 7) is -1.67. The van der Waals surface area contributed by atoms with E-state index in [2.05, 4.69) is 25.1 Å². The van der Waals surface area contributed by atoms with Crippen LogP contribution in [-0.2, 0) is 46.3 Å². The van der Waals surface area contributed by atoms with E-state index in [9.17, 15) is 34.6 Å². The fourth-order valence-corrected chi connectivity index (χ4v) is 8.37. The lowest BCUT2D eigenvalue weighted by atomic mass is 10.1. The molecule has 2 aliphatic rings. The maximum atomic E-state index is 13.1. The molecule has 4 N–H and O–H groups in total. The largest absolute Gasteiger partial charge is 0.468 e. The molecular formula is C30H37N8O11PS. The number of benzene rings is 1. The summed E-state index contributed by atoms with van der Waals surface area (Å²) in [6, 6.07) is 7.11. The number of aliphatic hydroxyl groups excluding tert-OH is 1. The molecule has 0 aliphatic carbocycles. The number of nitrogens with zero attached hydrogens (tertiary/aromatic N) is 5. The number of carbonyl (C=O) groups excluding carboxylic acids is 1. The second-order valence-electron chi connectivity index (χ2n) is 12.0. The Kier molecular flexibility index (Phi) is 12.2. The number of azide groups is 1. The molecule has 1 unspecified atom stereocenters. The summed E-state index contributed by atoms with van der Waals surface area (Å²) < 4.78 is 32.1. The minimum absolute atomic E-state index is 0.0144. The number of hydrogen-bond donors (Lipinski definition) is 4. The van der Waals surface area contributed by atoms with Crippen LogP contribution < -0.4 is 27.6 Å². The van der Waals surface area contributed by atoms with Crippen molar-refractivity contribution >= 4 is 24.4 Å². The Morgan fingerprint density at radius 3 is 2.22 bits per heavy atom. The molecule has 4 heterocycles. The molecule has 8 atom stereocenters. The first kappa shape index (κ1) is 38.0. The zero-order chi connectivity index (χ0) is 36.9. The number of H-pyrrole nitrogens is 2. The normalized spacial score (nSPS) is 24.8. The average molecular weight is 749 g/mol. The molecule has 2 aromatic heterocycles. The van der Waals surface area contributed by atoms with E-state index in [1.54, 1.807) is 24.3 Å². The van der Waals surface area contributed by atoms with Gasteiger partial charge in [-0.3, -0.25) is 33.5 Å². The predicted octanol–water partition coefficient (Wildman–Crippen LogP) is 0.950. The van der Waals surface area contributed by atoms with Gasteiger partial charge in [0.05, 0.1) is 38.6 Å². The first-order valence-corrected chi connectivity index (χ1v) is 18.4. The number of methoxy groups -OCH3 is 1. The Hall–Kier alpha value is -4.23. The third kappa shape index (κ3) is 8.99. The first-order valence-electron chi connectivity index (χ1n) is 15.8. The summed E-state index contributed by atoms with van der Waals surface area (Å²) in [6.07, 6.45) is -2.04. The van der Waals surface area contributed by atoms with E-state index >= 15 is 0 Å². The van der Waals surface area contributed by atoms with Gasteiger partial charge in [0, 0.05) is 41.3 Å². The van der Waals surface area contributed by atoms with Gasteiger partial charge in [-0.2, -0.15) is 0 Å². The van der Waals surface area contributed by atoms with Crippen LogP contribution in [0.15, 0.2) is 67.0 Å². The van der Waals surface area contributed by atoms with Crippen molar-refractivity contribution in [3.63, 3.8) is 0 Å². The molecule has 274 valence electrons. The summed E-state index contributed by atoms with van der Waals surface area (Å²) in [5.74, 6) is -0.674. The summed E-state index contributed by atoms with van der Waals surface area (Å²) >= 11 is 5.97. The van der Waals surface area contributed by atoms with E-state index in [1.165, 1.54) is 42.5 Å². The van der Waals surface area contributed by atoms with Crippen LogP contribution >= 0.6 is 6.64 Å². The maximum Gasteiger partial charge on any atom is 0.330 e. The van der Waals surface area contributed by atoms with Crippen molar-refractivity contribution in [2.75, 3.05) is 20.3 Å². The topological polar surface area (TPSA) is 254 Å². The Morgan fingerprint density at radius 1 is 1.06 bits per heavy atom. The van der Waals surface area contributed by atoms with Crippen molar-refractivity contribution in [1.29, 1.82) is 0 Å². The number of esters is 1. The van der Waals surface area contributed by atoms with Crippen molar-refractivity contribution in [2.45, 2.75) is 76.0 Å². The molecule has 3 aromatic rings. The first-order chi connectivity index (χ1) is 24.3. The van der Waals surface area contributed by atoms with E-state index in [4.69, 9.17) is 35.1 Å². The van der Waals surface area contributed by atoms with Gasteiger partial charge >= 0.3 is 17.3 Å². The monoisotopic (exact) mass is 748 g/mol. The minimum Gasteiger partial charge on any atom is -0.468 e. The zero-order valence-electron chi connectivity index (χ0n) is 27.7. The molecule has 21 heteroatoms. The fourth-order valence-electron chi connectivity index (χ4n) is 5.78. The lowest BCUT2D eigenvalue weighted by Crippen LogP contribution is -2.40. The van der Waals surface area contributed by atoms with E-state index in [0.717, 1.165) is 5.56 Å². The van der Waals surface area contributed by atoms with Crippen LogP contribution in [0.2, 0.25) is 0 Å². The number of hydrogen-bond acceptors (Lipinski definition) is 13. The second kappa shape index (κ2) is 16.4. The molecule has 19 nitrogen and oxygen atoms in total. The molecule has 2 saturated heterocycles. The van der Waals surface area contributed by atoms with Gasteiger partial charge in [0.1, 0.15) is 24.6 Å². The van der Waals surface area contributed by atoms with Gasteiger partial charge < -0.3 is 28.4 Å². The molecule has 0 amide bonds.